The molecule has 1 atom stereocenters. The summed E-state index contributed by atoms with van der Waals surface area (Å²) in [6.07, 6.45) is 1.77. The molecule has 3 aromatic rings. The van der Waals surface area contributed by atoms with Crippen LogP contribution in [0.15, 0.2) is 42.6 Å². The summed E-state index contributed by atoms with van der Waals surface area (Å²) >= 11 is 6.39. The summed E-state index contributed by atoms with van der Waals surface area (Å²) in [6.45, 7) is 8.97. The molecule has 0 saturated carbocycles. The van der Waals surface area contributed by atoms with Gasteiger partial charge in [-0.05, 0) is 37.6 Å². The Morgan fingerprint density at radius 3 is 2.54 bits per heavy atom. The zero-order valence-corrected chi connectivity index (χ0v) is 20.2. The van der Waals surface area contributed by atoms with E-state index in [1.54, 1.807) is 25.3 Å². The number of rotatable bonds is 4. The van der Waals surface area contributed by atoms with Gasteiger partial charge in [0, 0.05) is 56.6 Å². The summed E-state index contributed by atoms with van der Waals surface area (Å²) < 4.78 is 19.9. The van der Waals surface area contributed by atoms with Crippen LogP contribution in [0.1, 0.15) is 19.9 Å². The number of piperazine rings is 1. The lowest BCUT2D eigenvalue weighted by atomic mass is 10.1. The standard InChI is InChI=1S/C25H28ClFN6O.CH4/c1-17-5-6-19(14-21(17)27)22-15-23(30-25(29-22)31-10-12-34-13-11-31)33-9-8-32(16-18(33)2)24-20(26)4-3-7-28-24;/h3-7,14-15,18H,8-13,16H2,1-2H3;1H4/t18-;/m1./s1. The maximum Gasteiger partial charge on any atom is 0.228 e. The van der Waals surface area contributed by atoms with Crippen LogP contribution < -0.4 is 14.7 Å². The molecule has 2 aliphatic heterocycles. The van der Waals surface area contributed by atoms with Crippen molar-refractivity contribution >= 4 is 29.2 Å². The first-order valence-electron chi connectivity index (χ1n) is 11.6. The SMILES string of the molecule is C.Cc1ccc(-c2cc(N3CCN(c4ncccc4Cl)C[C@H]3C)nc(N3CCOCC3)n2)cc1F. The molecule has 0 radical (unpaired) electrons. The molecular formula is C26H32ClFN6O. The molecule has 0 unspecified atom stereocenters. The molecule has 4 heterocycles. The average Bonchev–Trinajstić information content (AvgIpc) is 2.86. The zero-order valence-electron chi connectivity index (χ0n) is 19.4. The van der Waals surface area contributed by atoms with Crippen LogP contribution in [0.25, 0.3) is 11.3 Å². The predicted octanol–water partition coefficient (Wildman–Crippen LogP) is 4.83. The van der Waals surface area contributed by atoms with E-state index >= 15 is 0 Å². The number of benzene rings is 1. The van der Waals surface area contributed by atoms with E-state index in [1.165, 1.54) is 0 Å². The van der Waals surface area contributed by atoms with E-state index in [0.717, 1.165) is 49.9 Å². The van der Waals surface area contributed by atoms with Crippen molar-refractivity contribution in [1.29, 1.82) is 0 Å². The third-order valence-electron chi connectivity index (χ3n) is 6.42. The number of hydrogen-bond donors (Lipinski definition) is 0. The van der Waals surface area contributed by atoms with Crippen molar-refractivity contribution in [3.05, 3.63) is 59.0 Å². The van der Waals surface area contributed by atoms with Gasteiger partial charge in [-0.2, -0.15) is 4.98 Å². The Balaban J connectivity index is 0.00000289. The van der Waals surface area contributed by atoms with Gasteiger partial charge in [0.15, 0.2) is 0 Å². The first-order chi connectivity index (χ1) is 16.5. The van der Waals surface area contributed by atoms with Crippen LogP contribution in [0.4, 0.5) is 22.0 Å². The molecule has 0 bridgehead atoms. The van der Waals surface area contributed by atoms with Crippen LogP contribution in [-0.4, -0.2) is 66.9 Å². The lowest BCUT2D eigenvalue weighted by molar-refractivity contribution is 0.122. The minimum absolute atomic E-state index is 0. The van der Waals surface area contributed by atoms with Gasteiger partial charge in [0.05, 0.1) is 23.9 Å². The van der Waals surface area contributed by atoms with Crippen molar-refractivity contribution in [2.45, 2.75) is 27.3 Å². The second-order valence-electron chi connectivity index (χ2n) is 8.77. The highest BCUT2D eigenvalue weighted by molar-refractivity contribution is 6.32. The Bertz CT molecular complexity index is 1170. The molecule has 1 aromatic carbocycles. The molecule has 0 N–H and O–H groups in total. The first-order valence-corrected chi connectivity index (χ1v) is 12.0. The zero-order chi connectivity index (χ0) is 23.7. The van der Waals surface area contributed by atoms with Crippen molar-refractivity contribution in [2.75, 3.05) is 60.6 Å². The van der Waals surface area contributed by atoms with Crippen LogP contribution in [0.3, 0.4) is 0 Å². The topological polar surface area (TPSA) is 57.6 Å². The first kappa shape index (κ1) is 25.1. The number of anilines is 3. The van der Waals surface area contributed by atoms with Crippen molar-refractivity contribution in [3.8, 4) is 11.3 Å². The molecule has 5 rings (SSSR count). The fourth-order valence-electron chi connectivity index (χ4n) is 4.47. The quantitative estimate of drug-likeness (QED) is 0.510. The molecule has 35 heavy (non-hydrogen) atoms. The minimum atomic E-state index is -0.236. The van der Waals surface area contributed by atoms with Gasteiger partial charge in [-0.1, -0.05) is 31.2 Å². The smallest absolute Gasteiger partial charge is 0.228 e. The Kier molecular flexibility index (Phi) is 7.72. The summed E-state index contributed by atoms with van der Waals surface area (Å²) in [5.74, 6) is 2.06. The van der Waals surface area contributed by atoms with Crippen LogP contribution in [0, 0.1) is 12.7 Å². The monoisotopic (exact) mass is 498 g/mol. The lowest BCUT2D eigenvalue weighted by Crippen LogP contribution is -2.53. The van der Waals surface area contributed by atoms with E-state index < -0.39 is 0 Å². The summed E-state index contributed by atoms with van der Waals surface area (Å²) in [6, 6.07) is 11.1. The Morgan fingerprint density at radius 2 is 1.83 bits per heavy atom. The summed E-state index contributed by atoms with van der Waals surface area (Å²) in [4.78, 5) is 20.9. The van der Waals surface area contributed by atoms with Crippen molar-refractivity contribution in [2.24, 2.45) is 0 Å². The second-order valence-corrected chi connectivity index (χ2v) is 9.18. The maximum absolute atomic E-state index is 14.4. The van der Waals surface area contributed by atoms with Gasteiger partial charge in [-0.3, -0.25) is 0 Å². The highest BCUT2D eigenvalue weighted by atomic mass is 35.5. The molecule has 0 amide bonds. The highest BCUT2D eigenvalue weighted by Gasteiger charge is 2.28. The van der Waals surface area contributed by atoms with Gasteiger partial charge in [-0.15, -0.1) is 0 Å². The Labute approximate surface area is 211 Å². The summed E-state index contributed by atoms with van der Waals surface area (Å²) in [5, 5.41) is 0.656. The molecular weight excluding hydrogens is 467 g/mol. The third-order valence-corrected chi connectivity index (χ3v) is 6.72. The molecule has 2 fully saturated rings. The normalized spacial score (nSPS) is 18.4. The van der Waals surface area contributed by atoms with Gasteiger partial charge in [-0.25, -0.2) is 14.4 Å². The summed E-state index contributed by atoms with van der Waals surface area (Å²) in [5.41, 5.74) is 2.07. The molecule has 186 valence electrons. The van der Waals surface area contributed by atoms with Gasteiger partial charge >= 0.3 is 0 Å². The number of ether oxygens (including phenoxy) is 1. The van der Waals surface area contributed by atoms with E-state index in [0.29, 0.717) is 35.4 Å². The van der Waals surface area contributed by atoms with Crippen LogP contribution >= 0.6 is 11.6 Å². The number of hydrogen-bond acceptors (Lipinski definition) is 7. The third kappa shape index (κ3) is 5.33. The van der Waals surface area contributed by atoms with E-state index in [9.17, 15) is 4.39 Å². The largest absolute Gasteiger partial charge is 0.378 e. The number of halogens is 2. The van der Waals surface area contributed by atoms with Crippen molar-refractivity contribution in [3.63, 3.8) is 0 Å². The second kappa shape index (κ2) is 10.7. The number of aryl methyl sites for hydroxylation is 1. The fraction of sp³-hybridized carbons (Fsp3) is 0.423. The molecule has 2 saturated heterocycles. The van der Waals surface area contributed by atoms with Crippen LogP contribution in [0.2, 0.25) is 5.02 Å². The number of pyridine rings is 1. The molecule has 2 aliphatic rings. The average molecular weight is 499 g/mol. The summed E-state index contributed by atoms with van der Waals surface area (Å²) in [7, 11) is 0. The highest BCUT2D eigenvalue weighted by Crippen LogP contribution is 2.30. The number of morpholine rings is 1. The Hall–Kier alpha value is -2.97. The van der Waals surface area contributed by atoms with Crippen LogP contribution in [-0.2, 0) is 4.74 Å². The van der Waals surface area contributed by atoms with E-state index in [-0.39, 0.29) is 19.3 Å². The van der Waals surface area contributed by atoms with Gasteiger partial charge < -0.3 is 19.4 Å². The van der Waals surface area contributed by atoms with Crippen molar-refractivity contribution in [1.82, 2.24) is 15.0 Å². The number of aromatic nitrogens is 3. The predicted molar refractivity (Wildman–Crippen MR) is 140 cm³/mol. The molecule has 2 aromatic heterocycles. The van der Waals surface area contributed by atoms with E-state index in [4.69, 9.17) is 26.3 Å². The van der Waals surface area contributed by atoms with E-state index in [1.807, 2.05) is 24.3 Å². The van der Waals surface area contributed by atoms with Crippen molar-refractivity contribution < 1.29 is 9.13 Å². The Morgan fingerprint density at radius 1 is 1.03 bits per heavy atom. The lowest BCUT2D eigenvalue weighted by Gasteiger charge is -2.41. The molecule has 7 nitrogen and oxygen atoms in total. The minimum Gasteiger partial charge on any atom is -0.378 e. The molecule has 9 heteroatoms. The molecule has 0 aliphatic carbocycles. The fourth-order valence-corrected chi connectivity index (χ4v) is 4.72. The van der Waals surface area contributed by atoms with Gasteiger partial charge in [0.25, 0.3) is 0 Å². The maximum atomic E-state index is 14.4. The number of nitrogens with zero attached hydrogens (tertiary/aromatic N) is 6. The molecule has 0 spiro atoms. The van der Waals surface area contributed by atoms with Crippen LogP contribution in [0.5, 0.6) is 0 Å². The van der Waals surface area contributed by atoms with Gasteiger partial charge in [0.2, 0.25) is 5.95 Å². The van der Waals surface area contributed by atoms with E-state index in [2.05, 4.69) is 26.6 Å². The van der Waals surface area contributed by atoms with Gasteiger partial charge in [0.1, 0.15) is 17.5 Å².